The number of hydrogen-bond donors (Lipinski definition) is 1. The van der Waals surface area contributed by atoms with Crippen LogP contribution in [0.25, 0.3) is 0 Å². The zero-order chi connectivity index (χ0) is 15.8. The van der Waals surface area contributed by atoms with Crippen molar-refractivity contribution in [3.8, 4) is 0 Å². The molecular weight excluding hydrogens is 303 g/mol. The molecule has 1 aromatic carbocycles. The summed E-state index contributed by atoms with van der Waals surface area (Å²) in [4.78, 5) is -0.0925. The average Bonchev–Trinajstić information content (AvgIpc) is 2.40. The second-order valence-corrected chi connectivity index (χ2v) is 7.85. The lowest BCUT2D eigenvalue weighted by molar-refractivity contribution is -0.137. The third-order valence-corrected chi connectivity index (χ3v) is 6.28. The van der Waals surface area contributed by atoms with E-state index >= 15 is 0 Å². The maximum absolute atomic E-state index is 12.5. The Labute approximate surface area is 122 Å². The van der Waals surface area contributed by atoms with Crippen molar-refractivity contribution in [2.45, 2.75) is 48.5 Å². The first-order valence-corrected chi connectivity index (χ1v) is 8.33. The molecule has 0 aliphatic heterocycles. The molecule has 2 rings (SSSR count). The van der Waals surface area contributed by atoms with E-state index in [9.17, 15) is 21.6 Å². The Morgan fingerprint density at radius 3 is 2.24 bits per heavy atom. The Hall–Kier alpha value is -1.08. The van der Waals surface area contributed by atoms with Gasteiger partial charge in [-0.05, 0) is 49.4 Å². The van der Waals surface area contributed by atoms with Crippen LogP contribution in [0.3, 0.4) is 0 Å². The van der Waals surface area contributed by atoms with Gasteiger partial charge in [-0.2, -0.15) is 13.2 Å². The zero-order valence-corrected chi connectivity index (χ0v) is 12.4. The van der Waals surface area contributed by atoms with E-state index in [1.165, 1.54) is 0 Å². The molecule has 3 atom stereocenters. The average molecular weight is 321 g/mol. The molecule has 118 valence electrons. The molecule has 1 fully saturated rings. The van der Waals surface area contributed by atoms with E-state index in [1.54, 1.807) is 0 Å². The van der Waals surface area contributed by atoms with Gasteiger partial charge in [-0.3, -0.25) is 0 Å². The third kappa shape index (κ3) is 3.40. The largest absolute Gasteiger partial charge is 0.416 e. The summed E-state index contributed by atoms with van der Waals surface area (Å²) >= 11 is 0. The van der Waals surface area contributed by atoms with Gasteiger partial charge in [-0.15, -0.1) is 0 Å². The summed E-state index contributed by atoms with van der Waals surface area (Å²) in [5, 5.41) is -0.724. The minimum absolute atomic E-state index is 0.0925. The molecule has 1 aromatic rings. The molecule has 0 spiro atoms. The Morgan fingerprint density at radius 1 is 1.14 bits per heavy atom. The lowest BCUT2D eigenvalue weighted by Gasteiger charge is -2.32. The summed E-state index contributed by atoms with van der Waals surface area (Å²) < 4.78 is 62.6. The molecule has 3 unspecified atom stereocenters. The summed E-state index contributed by atoms with van der Waals surface area (Å²) in [5.41, 5.74) is 5.05. The van der Waals surface area contributed by atoms with Crippen LogP contribution in [0.2, 0.25) is 0 Å². The van der Waals surface area contributed by atoms with Crippen molar-refractivity contribution in [2.75, 3.05) is 0 Å². The van der Waals surface area contributed by atoms with E-state index < -0.39 is 32.9 Å². The molecule has 3 nitrogen and oxygen atoms in total. The highest BCUT2D eigenvalue weighted by molar-refractivity contribution is 7.92. The van der Waals surface area contributed by atoms with Crippen LogP contribution < -0.4 is 5.73 Å². The van der Waals surface area contributed by atoms with Crippen LogP contribution in [0.15, 0.2) is 29.2 Å². The summed E-state index contributed by atoms with van der Waals surface area (Å²) in [6, 6.07) is 3.16. The summed E-state index contributed by atoms with van der Waals surface area (Å²) in [6.45, 7) is 1.96. The fourth-order valence-corrected chi connectivity index (χ4v) is 4.76. The lowest BCUT2D eigenvalue weighted by Crippen LogP contribution is -2.44. The molecule has 0 bridgehead atoms. The van der Waals surface area contributed by atoms with Gasteiger partial charge in [0.15, 0.2) is 9.84 Å². The number of alkyl halides is 3. The Bertz CT molecular complexity index is 596. The smallest absolute Gasteiger partial charge is 0.327 e. The number of rotatable bonds is 2. The van der Waals surface area contributed by atoms with E-state index in [0.29, 0.717) is 12.8 Å². The molecule has 7 heteroatoms. The molecule has 1 aliphatic carbocycles. The normalized spacial score (nSPS) is 27.6. The predicted octanol–water partition coefficient (Wildman–Crippen LogP) is 3.00. The Kier molecular flexibility index (Phi) is 4.35. The number of halogens is 3. The first-order valence-electron chi connectivity index (χ1n) is 6.79. The Morgan fingerprint density at radius 2 is 1.71 bits per heavy atom. The van der Waals surface area contributed by atoms with Gasteiger partial charge in [-0.1, -0.05) is 6.92 Å². The number of nitrogens with two attached hydrogens (primary N) is 1. The van der Waals surface area contributed by atoms with Crippen molar-refractivity contribution in [1.82, 2.24) is 0 Å². The molecular formula is C14H18F3NO2S. The second kappa shape index (κ2) is 5.61. The maximum atomic E-state index is 12.5. The van der Waals surface area contributed by atoms with E-state index in [-0.39, 0.29) is 10.8 Å². The molecule has 0 amide bonds. The fraction of sp³-hybridized carbons (Fsp3) is 0.571. The number of benzene rings is 1. The first-order chi connectivity index (χ1) is 9.62. The van der Waals surface area contributed by atoms with Crippen molar-refractivity contribution < 1.29 is 21.6 Å². The quantitative estimate of drug-likeness (QED) is 0.911. The van der Waals surface area contributed by atoms with Crippen LogP contribution in [0.1, 0.15) is 31.7 Å². The van der Waals surface area contributed by atoms with Crippen LogP contribution in [0.4, 0.5) is 13.2 Å². The van der Waals surface area contributed by atoms with E-state index in [4.69, 9.17) is 5.73 Å². The van der Waals surface area contributed by atoms with E-state index in [1.807, 2.05) is 6.92 Å². The highest BCUT2D eigenvalue weighted by atomic mass is 32.2. The number of sulfone groups is 1. The van der Waals surface area contributed by atoms with E-state index in [2.05, 4.69) is 0 Å². The Balaban J connectivity index is 2.31. The van der Waals surface area contributed by atoms with Crippen LogP contribution in [-0.2, 0) is 16.0 Å². The van der Waals surface area contributed by atoms with Crippen molar-refractivity contribution >= 4 is 9.84 Å². The molecule has 0 saturated heterocycles. The van der Waals surface area contributed by atoms with Crippen molar-refractivity contribution in [1.29, 1.82) is 0 Å². The molecule has 1 aliphatic rings. The van der Waals surface area contributed by atoms with Crippen molar-refractivity contribution in [2.24, 2.45) is 11.7 Å². The predicted molar refractivity (Wildman–Crippen MR) is 73.4 cm³/mol. The molecule has 0 heterocycles. The van der Waals surface area contributed by atoms with Gasteiger partial charge in [0.1, 0.15) is 0 Å². The maximum Gasteiger partial charge on any atom is 0.416 e. The van der Waals surface area contributed by atoms with Crippen molar-refractivity contribution in [3.63, 3.8) is 0 Å². The minimum atomic E-state index is -4.47. The lowest BCUT2D eigenvalue weighted by atomic mass is 9.87. The van der Waals surface area contributed by atoms with Gasteiger partial charge in [0.25, 0.3) is 0 Å². The topological polar surface area (TPSA) is 60.2 Å². The second-order valence-electron chi connectivity index (χ2n) is 5.69. The zero-order valence-electron chi connectivity index (χ0n) is 11.6. The molecule has 2 N–H and O–H groups in total. The number of hydrogen-bond acceptors (Lipinski definition) is 3. The van der Waals surface area contributed by atoms with Crippen LogP contribution in [0, 0.1) is 5.92 Å². The summed E-state index contributed by atoms with van der Waals surface area (Å²) in [7, 11) is -3.70. The summed E-state index contributed by atoms with van der Waals surface area (Å²) in [5.74, 6) is 0.249. The highest BCUT2D eigenvalue weighted by Crippen LogP contribution is 2.33. The third-order valence-electron chi connectivity index (χ3n) is 4.01. The van der Waals surface area contributed by atoms with Crippen LogP contribution in [0.5, 0.6) is 0 Å². The van der Waals surface area contributed by atoms with Gasteiger partial charge in [0, 0.05) is 6.04 Å². The van der Waals surface area contributed by atoms with Crippen LogP contribution >= 0.6 is 0 Å². The molecule has 0 radical (unpaired) electrons. The van der Waals surface area contributed by atoms with Crippen molar-refractivity contribution in [3.05, 3.63) is 29.8 Å². The SMILES string of the molecule is CC1CCC(N)C(S(=O)(=O)c2ccc(C(F)(F)F)cc2)C1. The monoisotopic (exact) mass is 321 g/mol. The molecule has 0 aromatic heterocycles. The van der Waals surface area contributed by atoms with E-state index in [0.717, 1.165) is 30.7 Å². The highest BCUT2D eigenvalue weighted by Gasteiger charge is 2.37. The summed E-state index contributed by atoms with van der Waals surface area (Å²) in [6.07, 6.45) is -2.53. The van der Waals surface area contributed by atoms with Crippen LogP contribution in [-0.4, -0.2) is 19.7 Å². The van der Waals surface area contributed by atoms with Gasteiger partial charge >= 0.3 is 6.18 Å². The first kappa shape index (κ1) is 16.3. The van der Waals surface area contributed by atoms with Gasteiger partial charge < -0.3 is 5.73 Å². The standard InChI is InChI=1S/C14H18F3NO2S/c1-9-2-7-12(18)13(8-9)21(19,20)11-5-3-10(4-6-11)14(15,16)17/h3-6,9,12-13H,2,7-8,18H2,1H3. The van der Waals surface area contributed by atoms with Gasteiger partial charge in [0.05, 0.1) is 15.7 Å². The molecule has 21 heavy (non-hydrogen) atoms. The molecule has 1 saturated carbocycles. The van der Waals surface area contributed by atoms with Gasteiger partial charge in [0.2, 0.25) is 0 Å². The minimum Gasteiger partial charge on any atom is -0.327 e. The fourth-order valence-electron chi connectivity index (χ4n) is 2.72. The van der Waals surface area contributed by atoms with Gasteiger partial charge in [-0.25, -0.2) is 8.42 Å².